The van der Waals surface area contributed by atoms with Gasteiger partial charge in [-0.2, -0.15) is 0 Å². The lowest BCUT2D eigenvalue weighted by Gasteiger charge is -2.00. The molecule has 1 aromatic rings. The van der Waals surface area contributed by atoms with E-state index in [1.807, 2.05) is 0 Å². The summed E-state index contributed by atoms with van der Waals surface area (Å²) in [4.78, 5) is 7.20. The van der Waals surface area contributed by atoms with E-state index in [0.717, 1.165) is 24.4 Å². The lowest BCUT2D eigenvalue weighted by atomic mass is 10.1. The number of hydrogen-bond donors (Lipinski definition) is 2. The summed E-state index contributed by atoms with van der Waals surface area (Å²) >= 11 is 0. The summed E-state index contributed by atoms with van der Waals surface area (Å²) in [5.74, 6) is 1.68. The lowest BCUT2D eigenvalue weighted by Crippen LogP contribution is -1.94. The van der Waals surface area contributed by atoms with E-state index in [1.54, 1.807) is 6.20 Å². The van der Waals surface area contributed by atoms with Crippen molar-refractivity contribution in [3.8, 4) is 0 Å². The highest BCUT2D eigenvalue weighted by atomic mass is 16.3. The van der Waals surface area contributed by atoms with Crippen LogP contribution in [0.25, 0.3) is 0 Å². The predicted octanol–water partition coefficient (Wildman–Crippen LogP) is 1.49. The molecule has 0 atom stereocenters. The maximum Gasteiger partial charge on any atom is 0.106 e. The molecule has 0 saturated heterocycles. The van der Waals surface area contributed by atoms with E-state index in [4.69, 9.17) is 5.11 Å². The molecule has 0 saturated carbocycles. The van der Waals surface area contributed by atoms with E-state index in [1.165, 1.54) is 0 Å². The van der Waals surface area contributed by atoms with Gasteiger partial charge >= 0.3 is 0 Å². The minimum Gasteiger partial charge on any atom is -0.390 e. The van der Waals surface area contributed by atoms with E-state index in [-0.39, 0.29) is 6.61 Å². The molecule has 0 spiro atoms. The van der Waals surface area contributed by atoms with E-state index < -0.39 is 0 Å². The maximum atomic E-state index is 8.76. The Morgan fingerprint density at radius 1 is 1.58 bits per heavy atom. The van der Waals surface area contributed by atoms with Crippen molar-refractivity contribution in [1.29, 1.82) is 0 Å². The SMILES string of the molecule is CC(C)CCc1ncc(CO)[nH]1. The molecule has 1 rings (SSSR count). The Hall–Kier alpha value is -0.830. The third-order valence-electron chi connectivity index (χ3n) is 1.81. The third kappa shape index (κ3) is 2.66. The molecule has 0 fully saturated rings. The van der Waals surface area contributed by atoms with Crippen molar-refractivity contribution < 1.29 is 5.11 Å². The van der Waals surface area contributed by atoms with Gasteiger partial charge in [-0.15, -0.1) is 0 Å². The number of nitrogens with one attached hydrogen (secondary N) is 1. The Labute approximate surface area is 72.8 Å². The number of aryl methyl sites for hydroxylation is 1. The van der Waals surface area contributed by atoms with Crippen molar-refractivity contribution in [3.63, 3.8) is 0 Å². The average Bonchev–Trinajstić information content (AvgIpc) is 2.48. The number of rotatable bonds is 4. The van der Waals surface area contributed by atoms with Crippen molar-refractivity contribution in [2.75, 3.05) is 0 Å². The fourth-order valence-corrected chi connectivity index (χ4v) is 1.04. The molecule has 0 bridgehead atoms. The molecule has 3 heteroatoms. The molecular formula is C9H16N2O. The minimum atomic E-state index is 0.0503. The molecule has 0 amide bonds. The van der Waals surface area contributed by atoms with Crippen LogP contribution in [0.5, 0.6) is 0 Å². The fourth-order valence-electron chi connectivity index (χ4n) is 1.04. The predicted molar refractivity (Wildman–Crippen MR) is 47.7 cm³/mol. The molecule has 0 unspecified atom stereocenters. The Bertz CT molecular complexity index is 230. The highest BCUT2D eigenvalue weighted by molar-refractivity contribution is 4.99. The van der Waals surface area contributed by atoms with Crippen LogP contribution in [0, 0.1) is 5.92 Å². The van der Waals surface area contributed by atoms with Crippen molar-refractivity contribution in [3.05, 3.63) is 17.7 Å². The highest BCUT2D eigenvalue weighted by Crippen LogP contribution is 2.06. The Balaban J connectivity index is 2.41. The molecule has 0 aromatic carbocycles. The first kappa shape index (κ1) is 9.26. The number of imidazole rings is 1. The van der Waals surface area contributed by atoms with E-state index in [9.17, 15) is 0 Å². The van der Waals surface area contributed by atoms with Gasteiger partial charge in [0.15, 0.2) is 0 Å². The third-order valence-corrected chi connectivity index (χ3v) is 1.81. The van der Waals surface area contributed by atoms with Crippen molar-refractivity contribution in [1.82, 2.24) is 9.97 Å². The average molecular weight is 168 g/mol. The number of aromatic amines is 1. The van der Waals surface area contributed by atoms with Crippen molar-refractivity contribution in [2.45, 2.75) is 33.3 Å². The number of nitrogens with zero attached hydrogens (tertiary/aromatic N) is 1. The molecular weight excluding hydrogens is 152 g/mol. The first-order valence-electron chi connectivity index (χ1n) is 4.36. The number of aliphatic hydroxyl groups is 1. The van der Waals surface area contributed by atoms with E-state index >= 15 is 0 Å². The second-order valence-electron chi connectivity index (χ2n) is 3.45. The zero-order valence-corrected chi connectivity index (χ0v) is 7.67. The summed E-state index contributed by atoms with van der Waals surface area (Å²) in [6.45, 7) is 4.43. The van der Waals surface area contributed by atoms with Crippen LogP contribution in [0.2, 0.25) is 0 Å². The normalized spacial score (nSPS) is 11.0. The van der Waals surface area contributed by atoms with Gasteiger partial charge in [0.2, 0.25) is 0 Å². The molecule has 2 N–H and O–H groups in total. The molecule has 3 nitrogen and oxygen atoms in total. The monoisotopic (exact) mass is 168 g/mol. The van der Waals surface area contributed by atoms with Crippen LogP contribution in [-0.2, 0) is 13.0 Å². The lowest BCUT2D eigenvalue weighted by molar-refractivity contribution is 0.277. The molecule has 0 aliphatic carbocycles. The molecule has 68 valence electrons. The summed E-state index contributed by atoms with van der Waals surface area (Å²) in [5.41, 5.74) is 0.800. The van der Waals surface area contributed by atoms with Gasteiger partial charge in [-0.1, -0.05) is 13.8 Å². The molecule has 1 heterocycles. The summed E-state index contributed by atoms with van der Waals surface area (Å²) in [7, 11) is 0. The van der Waals surface area contributed by atoms with Gasteiger partial charge in [0.1, 0.15) is 5.82 Å². The van der Waals surface area contributed by atoms with Gasteiger partial charge in [0.25, 0.3) is 0 Å². The molecule has 0 aliphatic heterocycles. The van der Waals surface area contributed by atoms with Crippen LogP contribution < -0.4 is 0 Å². The fraction of sp³-hybridized carbons (Fsp3) is 0.667. The number of aromatic nitrogens is 2. The quantitative estimate of drug-likeness (QED) is 0.715. The first-order valence-corrected chi connectivity index (χ1v) is 4.36. The number of hydrogen-bond acceptors (Lipinski definition) is 2. The summed E-state index contributed by atoms with van der Waals surface area (Å²) in [6, 6.07) is 0. The number of H-pyrrole nitrogens is 1. The summed E-state index contributed by atoms with van der Waals surface area (Å²) in [5, 5.41) is 8.76. The zero-order chi connectivity index (χ0) is 8.97. The second kappa shape index (κ2) is 4.26. The van der Waals surface area contributed by atoms with E-state index in [2.05, 4.69) is 23.8 Å². The molecule has 0 aliphatic rings. The van der Waals surface area contributed by atoms with Gasteiger partial charge in [-0.3, -0.25) is 0 Å². The van der Waals surface area contributed by atoms with Gasteiger partial charge in [0.05, 0.1) is 18.5 Å². The van der Waals surface area contributed by atoms with Crippen LogP contribution in [0.15, 0.2) is 6.20 Å². The highest BCUT2D eigenvalue weighted by Gasteiger charge is 2.00. The minimum absolute atomic E-state index is 0.0503. The van der Waals surface area contributed by atoms with Crippen molar-refractivity contribution >= 4 is 0 Å². The molecule has 1 aromatic heterocycles. The summed E-state index contributed by atoms with van der Waals surface area (Å²) < 4.78 is 0. The van der Waals surface area contributed by atoms with Crippen LogP contribution in [0.3, 0.4) is 0 Å². The smallest absolute Gasteiger partial charge is 0.106 e. The Morgan fingerprint density at radius 3 is 2.83 bits per heavy atom. The molecule has 0 radical (unpaired) electrons. The maximum absolute atomic E-state index is 8.76. The van der Waals surface area contributed by atoms with Gasteiger partial charge in [0, 0.05) is 6.42 Å². The zero-order valence-electron chi connectivity index (χ0n) is 7.67. The van der Waals surface area contributed by atoms with E-state index in [0.29, 0.717) is 5.92 Å². The Morgan fingerprint density at radius 2 is 2.33 bits per heavy atom. The Kier molecular flexibility index (Phi) is 3.29. The van der Waals surface area contributed by atoms with Crippen LogP contribution >= 0.6 is 0 Å². The van der Waals surface area contributed by atoms with Crippen LogP contribution in [0.4, 0.5) is 0 Å². The van der Waals surface area contributed by atoms with Gasteiger partial charge in [-0.05, 0) is 12.3 Å². The van der Waals surface area contributed by atoms with Crippen LogP contribution in [0.1, 0.15) is 31.8 Å². The second-order valence-corrected chi connectivity index (χ2v) is 3.45. The van der Waals surface area contributed by atoms with Gasteiger partial charge < -0.3 is 10.1 Å². The van der Waals surface area contributed by atoms with Crippen LogP contribution in [-0.4, -0.2) is 15.1 Å². The largest absolute Gasteiger partial charge is 0.390 e. The first-order chi connectivity index (χ1) is 5.72. The number of aliphatic hydroxyl groups excluding tert-OH is 1. The molecule has 12 heavy (non-hydrogen) atoms. The van der Waals surface area contributed by atoms with Crippen molar-refractivity contribution in [2.24, 2.45) is 5.92 Å². The topological polar surface area (TPSA) is 48.9 Å². The summed E-state index contributed by atoms with van der Waals surface area (Å²) in [6.07, 6.45) is 3.80. The standard InChI is InChI=1S/C9H16N2O/c1-7(2)3-4-9-10-5-8(6-12)11-9/h5,7,12H,3-4,6H2,1-2H3,(H,10,11). The van der Waals surface area contributed by atoms with Gasteiger partial charge in [-0.25, -0.2) is 4.98 Å².